The Balaban J connectivity index is 1.25. The zero-order valence-electron chi connectivity index (χ0n) is 19.2. The normalized spacial score (nSPS) is 16.0. The molecule has 1 unspecified atom stereocenters. The molecule has 2 aliphatic rings. The van der Waals surface area contributed by atoms with Crippen molar-refractivity contribution in [3.63, 3.8) is 0 Å². The van der Waals surface area contributed by atoms with Crippen LogP contribution in [0.3, 0.4) is 0 Å². The highest BCUT2D eigenvalue weighted by Crippen LogP contribution is 2.44. The highest BCUT2D eigenvalue weighted by molar-refractivity contribution is 6.00. The second kappa shape index (κ2) is 8.90. The smallest absolute Gasteiger partial charge is 0.408 e. The van der Waals surface area contributed by atoms with Gasteiger partial charge in [-0.1, -0.05) is 48.5 Å². The van der Waals surface area contributed by atoms with Crippen molar-refractivity contribution in [1.29, 1.82) is 0 Å². The summed E-state index contributed by atoms with van der Waals surface area (Å²) in [5.74, 6) is -1.53. The average Bonchev–Trinajstić information content (AvgIpc) is 3.54. The van der Waals surface area contributed by atoms with E-state index in [-0.39, 0.29) is 25.0 Å². The van der Waals surface area contributed by atoms with E-state index in [1.54, 1.807) is 6.92 Å². The van der Waals surface area contributed by atoms with Crippen LogP contribution in [0.1, 0.15) is 36.8 Å². The van der Waals surface area contributed by atoms with Gasteiger partial charge >= 0.3 is 12.1 Å². The summed E-state index contributed by atoms with van der Waals surface area (Å²) in [6.45, 7) is 1.53. The number of fused-ring (bicyclic) bond motifs is 3. The monoisotopic (exact) mass is 474 g/mol. The summed E-state index contributed by atoms with van der Waals surface area (Å²) in [4.78, 5) is 36.9. The average molecular weight is 475 g/mol. The van der Waals surface area contributed by atoms with E-state index < -0.39 is 23.5 Å². The van der Waals surface area contributed by atoms with Crippen molar-refractivity contribution in [2.45, 2.75) is 37.8 Å². The predicted octanol–water partition coefficient (Wildman–Crippen LogP) is 3.61. The van der Waals surface area contributed by atoms with E-state index in [9.17, 15) is 14.4 Å². The van der Waals surface area contributed by atoms with Crippen LogP contribution < -0.4 is 10.6 Å². The first-order valence-corrected chi connectivity index (χ1v) is 11.5. The number of hydrogen-bond acceptors (Lipinski definition) is 5. The summed E-state index contributed by atoms with van der Waals surface area (Å²) in [6, 6.07) is 16.2. The first kappa shape index (κ1) is 22.6. The molecule has 0 radical (unpaired) electrons. The summed E-state index contributed by atoms with van der Waals surface area (Å²) in [5, 5.41) is 18.4. The fourth-order valence-corrected chi connectivity index (χ4v) is 4.77. The molecule has 1 saturated carbocycles. The topological polar surface area (TPSA) is 123 Å². The lowest BCUT2D eigenvalue weighted by molar-refractivity contribution is -0.137. The van der Waals surface area contributed by atoms with E-state index in [2.05, 4.69) is 27.9 Å². The minimum Gasteiger partial charge on any atom is -0.480 e. The molecule has 5 rings (SSSR count). The number of amides is 2. The number of aromatic nitrogens is 2. The summed E-state index contributed by atoms with van der Waals surface area (Å²) in [7, 11) is 0. The molecule has 1 atom stereocenters. The van der Waals surface area contributed by atoms with Crippen LogP contribution in [-0.4, -0.2) is 45.0 Å². The number of ether oxygens (including phenoxy) is 1. The Morgan fingerprint density at radius 1 is 1.09 bits per heavy atom. The van der Waals surface area contributed by atoms with E-state index >= 15 is 0 Å². The van der Waals surface area contributed by atoms with Gasteiger partial charge < -0.3 is 20.5 Å². The third-order valence-electron chi connectivity index (χ3n) is 6.76. The summed E-state index contributed by atoms with van der Waals surface area (Å²) in [6.07, 6.45) is 3.78. The summed E-state index contributed by atoms with van der Waals surface area (Å²) >= 11 is 0. The van der Waals surface area contributed by atoms with Gasteiger partial charge in [0.2, 0.25) is 5.91 Å². The molecule has 2 amide bonds. The Labute approximate surface area is 202 Å². The van der Waals surface area contributed by atoms with E-state index in [1.165, 1.54) is 17.1 Å². The number of carboxylic acids is 1. The quantitative estimate of drug-likeness (QED) is 0.458. The largest absolute Gasteiger partial charge is 0.480 e. The number of hydrogen-bond donors (Lipinski definition) is 3. The van der Waals surface area contributed by atoms with Gasteiger partial charge in [0.05, 0.1) is 11.9 Å². The number of carboxylic acid groups (broad SMARTS) is 1. The molecule has 0 aliphatic heterocycles. The van der Waals surface area contributed by atoms with Gasteiger partial charge in [0, 0.05) is 12.1 Å². The van der Waals surface area contributed by atoms with Crippen LogP contribution in [0.15, 0.2) is 60.9 Å². The molecule has 0 saturated heterocycles. The highest BCUT2D eigenvalue weighted by atomic mass is 16.5. The summed E-state index contributed by atoms with van der Waals surface area (Å²) in [5.41, 5.74) is 3.70. The first-order chi connectivity index (χ1) is 16.8. The second-order valence-electron chi connectivity index (χ2n) is 9.20. The van der Waals surface area contributed by atoms with Gasteiger partial charge in [0.25, 0.3) is 0 Å². The van der Waals surface area contributed by atoms with Crippen LogP contribution in [0.4, 0.5) is 10.5 Å². The molecule has 0 bridgehead atoms. The molecule has 180 valence electrons. The number of carbonyl (C=O) groups excluding carboxylic acids is 2. The maximum absolute atomic E-state index is 13.1. The highest BCUT2D eigenvalue weighted by Gasteiger charge is 2.49. The van der Waals surface area contributed by atoms with Gasteiger partial charge in [-0.15, -0.1) is 0 Å². The number of aliphatic carboxylic acids is 1. The van der Waals surface area contributed by atoms with Gasteiger partial charge in [0.1, 0.15) is 18.7 Å². The number of carbonyl (C=O) groups is 3. The van der Waals surface area contributed by atoms with Crippen molar-refractivity contribution < 1.29 is 24.2 Å². The fraction of sp³-hybridized carbons (Fsp3) is 0.308. The van der Waals surface area contributed by atoms with Gasteiger partial charge in [-0.2, -0.15) is 5.10 Å². The predicted molar refractivity (Wildman–Crippen MR) is 128 cm³/mol. The van der Waals surface area contributed by atoms with E-state index in [1.807, 2.05) is 36.4 Å². The van der Waals surface area contributed by atoms with Crippen LogP contribution in [0.2, 0.25) is 0 Å². The molecule has 0 spiro atoms. The minimum absolute atomic E-state index is 0.0166. The van der Waals surface area contributed by atoms with Crippen molar-refractivity contribution in [2.75, 3.05) is 11.9 Å². The van der Waals surface area contributed by atoms with Gasteiger partial charge in [-0.3, -0.25) is 14.3 Å². The molecule has 35 heavy (non-hydrogen) atoms. The molecule has 9 nitrogen and oxygen atoms in total. The zero-order valence-corrected chi connectivity index (χ0v) is 19.2. The molecular formula is C26H26N4O5. The van der Waals surface area contributed by atoms with Crippen LogP contribution in [0.5, 0.6) is 0 Å². The maximum Gasteiger partial charge on any atom is 0.408 e. The molecule has 2 aliphatic carbocycles. The van der Waals surface area contributed by atoms with Gasteiger partial charge in [-0.05, 0) is 47.9 Å². The maximum atomic E-state index is 13.1. The standard InChI is InChI=1S/C26H26N4O5/c1-26(16-10-11-16,24(33)28-17-12-27-30(13-17)14-23(31)32)29-25(34)35-15-22-20-8-4-2-6-18(20)19-7-3-5-9-21(19)22/h2-9,12-13,16,22H,10-11,14-15H2,1H3,(H,28,33)(H,29,34)(H,31,32). The molecule has 1 heterocycles. The Morgan fingerprint density at radius 2 is 1.71 bits per heavy atom. The van der Waals surface area contributed by atoms with Crippen molar-refractivity contribution in [3.05, 3.63) is 72.1 Å². The van der Waals surface area contributed by atoms with E-state index in [4.69, 9.17) is 9.84 Å². The second-order valence-corrected chi connectivity index (χ2v) is 9.20. The third kappa shape index (κ3) is 4.49. The van der Waals surface area contributed by atoms with Crippen LogP contribution in [0.25, 0.3) is 11.1 Å². The number of benzene rings is 2. The first-order valence-electron chi connectivity index (χ1n) is 11.5. The zero-order chi connectivity index (χ0) is 24.6. The number of alkyl carbamates (subject to hydrolysis) is 1. The van der Waals surface area contributed by atoms with E-state index in [0.717, 1.165) is 35.1 Å². The van der Waals surface area contributed by atoms with Crippen molar-refractivity contribution >= 4 is 23.7 Å². The molecule has 1 fully saturated rings. The number of anilines is 1. The number of nitrogens with zero attached hydrogens (tertiary/aromatic N) is 2. The fourth-order valence-electron chi connectivity index (χ4n) is 4.77. The SMILES string of the molecule is CC(NC(=O)OCC1c2ccccc2-c2ccccc21)(C(=O)Nc1cnn(CC(=O)O)c1)C1CC1. The van der Waals surface area contributed by atoms with Crippen LogP contribution in [-0.2, 0) is 20.9 Å². The van der Waals surface area contributed by atoms with E-state index in [0.29, 0.717) is 5.69 Å². The Hall–Kier alpha value is -4.14. The van der Waals surface area contributed by atoms with Crippen molar-refractivity contribution in [3.8, 4) is 11.1 Å². The lowest BCUT2D eigenvalue weighted by Crippen LogP contribution is -2.56. The van der Waals surface area contributed by atoms with Crippen molar-refractivity contribution in [1.82, 2.24) is 15.1 Å². The molecule has 3 N–H and O–H groups in total. The molecule has 9 heteroatoms. The lowest BCUT2D eigenvalue weighted by atomic mass is 9.94. The molecular weight excluding hydrogens is 448 g/mol. The number of nitrogens with one attached hydrogen (secondary N) is 2. The Bertz CT molecular complexity index is 1250. The molecule has 2 aromatic carbocycles. The van der Waals surface area contributed by atoms with Crippen LogP contribution in [0, 0.1) is 5.92 Å². The van der Waals surface area contributed by atoms with Gasteiger partial charge in [-0.25, -0.2) is 4.79 Å². The minimum atomic E-state index is -1.17. The number of rotatable bonds is 8. The van der Waals surface area contributed by atoms with Crippen LogP contribution >= 0.6 is 0 Å². The summed E-state index contributed by atoms with van der Waals surface area (Å²) < 4.78 is 6.86. The molecule has 3 aromatic rings. The third-order valence-corrected chi connectivity index (χ3v) is 6.76. The Kier molecular flexibility index (Phi) is 5.76. The van der Waals surface area contributed by atoms with Crippen molar-refractivity contribution in [2.24, 2.45) is 5.92 Å². The lowest BCUT2D eigenvalue weighted by Gasteiger charge is -2.29. The van der Waals surface area contributed by atoms with Gasteiger partial charge in [0.15, 0.2) is 0 Å². The Morgan fingerprint density at radius 3 is 2.31 bits per heavy atom. The molecule has 1 aromatic heterocycles.